The third-order valence-electron chi connectivity index (χ3n) is 0.725. The summed E-state index contributed by atoms with van der Waals surface area (Å²) in [6.45, 7) is -0.225. The summed E-state index contributed by atoms with van der Waals surface area (Å²) in [4.78, 5) is 8.55. The highest BCUT2D eigenvalue weighted by Crippen LogP contribution is 2.18. The van der Waals surface area contributed by atoms with Crippen molar-refractivity contribution in [2.45, 2.75) is 6.10 Å². The van der Waals surface area contributed by atoms with E-state index in [9.17, 15) is 10.1 Å². The fraction of sp³-hybridized carbons (Fsp3) is 1.00. The van der Waals surface area contributed by atoms with Crippen molar-refractivity contribution in [3.8, 4) is 0 Å². The lowest BCUT2D eigenvalue weighted by molar-refractivity contribution is -0.804. The van der Waals surface area contributed by atoms with E-state index in [0.29, 0.717) is 0 Å². The van der Waals surface area contributed by atoms with E-state index in [2.05, 4.69) is 9.47 Å². The zero-order valence-corrected chi connectivity index (χ0v) is 3.73. The lowest BCUT2D eigenvalue weighted by atomic mass is 10.9. The summed E-state index contributed by atoms with van der Waals surface area (Å²) in [7, 11) is 0. The molecule has 0 amide bonds. The van der Waals surface area contributed by atoms with E-state index in [-0.39, 0.29) is 6.79 Å². The molecule has 1 rings (SSSR count). The summed E-state index contributed by atoms with van der Waals surface area (Å²) in [5.41, 5.74) is 0. The van der Waals surface area contributed by atoms with Gasteiger partial charge in [0, 0.05) is 0 Å². The minimum atomic E-state index is -2.56. The molecule has 0 aromatic rings. The molecule has 0 aromatic heterocycles. The van der Waals surface area contributed by atoms with Gasteiger partial charge in [-0.2, -0.15) is 0 Å². The van der Waals surface area contributed by atoms with Crippen molar-refractivity contribution in [3.63, 3.8) is 0 Å². The minimum Gasteiger partial charge on any atom is -0.280 e. The van der Waals surface area contributed by atoms with Crippen LogP contribution in [0.4, 0.5) is 0 Å². The summed E-state index contributed by atoms with van der Waals surface area (Å²) >= 11 is 0. The van der Waals surface area contributed by atoms with Crippen LogP contribution in [0.15, 0.2) is 0 Å². The molecule has 0 aromatic carbocycles. The Labute approximate surface area is 43.8 Å². The first-order chi connectivity index (χ1) is 3.65. The molecule has 6 nitrogen and oxygen atoms in total. The van der Waals surface area contributed by atoms with Gasteiger partial charge in [0.2, 0.25) is 0 Å². The molecule has 0 spiro atoms. The Morgan fingerprint density at radius 2 is 2.25 bits per heavy atom. The fourth-order valence-corrected chi connectivity index (χ4v) is 0.270. The van der Waals surface area contributed by atoms with Gasteiger partial charge in [-0.3, -0.25) is 15.2 Å². The van der Waals surface area contributed by atoms with Crippen LogP contribution in [0.1, 0.15) is 0 Å². The molecule has 1 aliphatic rings. The topological polar surface area (TPSA) is 81.8 Å². The lowest BCUT2D eigenvalue weighted by Gasteiger charge is -2.24. The second kappa shape index (κ2) is 1.38. The van der Waals surface area contributed by atoms with Crippen LogP contribution in [0.3, 0.4) is 0 Å². The van der Waals surface area contributed by atoms with Gasteiger partial charge in [0.25, 0.3) is 0 Å². The molecule has 6 heteroatoms. The molecule has 0 bridgehead atoms. The van der Waals surface area contributed by atoms with E-state index in [4.69, 9.17) is 5.11 Å². The SMILES string of the molecule is O=[N+]([O-])C1(O)OCO1. The van der Waals surface area contributed by atoms with Gasteiger partial charge in [-0.25, -0.2) is 9.47 Å². The summed E-state index contributed by atoms with van der Waals surface area (Å²) in [6, 6.07) is 0. The molecule has 1 heterocycles. The predicted octanol–water partition coefficient (Wildman–Crippen LogP) is -1.13. The van der Waals surface area contributed by atoms with E-state index in [1.165, 1.54) is 0 Å². The Balaban J connectivity index is 2.53. The largest absolute Gasteiger partial charge is 0.576 e. The van der Waals surface area contributed by atoms with Crippen LogP contribution >= 0.6 is 0 Å². The van der Waals surface area contributed by atoms with Gasteiger partial charge in [0.15, 0.2) is 6.79 Å². The van der Waals surface area contributed by atoms with Crippen molar-refractivity contribution < 1.29 is 19.5 Å². The molecule has 46 valence electrons. The van der Waals surface area contributed by atoms with Gasteiger partial charge >= 0.3 is 6.10 Å². The number of hydrogen-bond donors (Lipinski definition) is 1. The zero-order valence-electron chi connectivity index (χ0n) is 3.73. The minimum absolute atomic E-state index is 0.225. The smallest absolute Gasteiger partial charge is 0.280 e. The average Bonchev–Trinajstić information content (AvgIpc) is 1.60. The number of rotatable bonds is 1. The van der Waals surface area contributed by atoms with E-state index >= 15 is 0 Å². The summed E-state index contributed by atoms with van der Waals surface area (Å²) in [5.74, 6) is 0. The molecule has 1 fully saturated rings. The van der Waals surface area contributed by atoms with Crippen LogP contribution in [-0.2, 0) is 9.47 Å². The molecule has 8 heavy (non-hydrogen) atoms. The molecule has 0 saturated carbocycles. The maximum Gasteiger partial charge on any atom is 0.576 e. The number of ether oxygens (including phenoxy) is 2. The highest BCUT2D eigenvalue weighted by Gasteiger charge is 2.52. The van der Waals surface area contributed by atoms with Crippen molar-refractivity contribution >= 4 is 0 Å². The van der Waals surface area contributed by atoms with Gasteiger partial charge in [0.1, 0.15) is 4.92 Å². The van der Waals surface area contributed by atoms with Gasteiger partial charge < -0.3 is 0 Å². The van der Waals surface area contributed by atoms with Crippen LogP contribution in [0.2, 0.25) is 0 Å². The Morgan fingerprint density at radius 3 is 2.25 bits per heavy atom. The molecule has 0 aliphatic carbocycles. The second-order valence-electron chi connectivity index (χ2n) is 1.21. The molecule has 1 N–H and O–H groups in total. The van der Waals surface area contributed by atoms with Crippen molar-refractivity contribution in [1.82, 2.24) is 0 Å². The number of hydrogen-bond acceptors (Lipinski definition) is 5. The molecule has 0 atom stereocenters. The third kappa shape index (κ3) is 0.548. The molecule has 1 aliphatic heterocycles. The molecular weight excluding hydrogens is 118 g/mol. The van der Waals surface area contributed by atoms with Gasteiger partial charge in [0.05, 0.1) is 0 Å². The van der Waals surface area contributed by atoms with Gasteiger partial charge in [-0.15, -0.1) is 0 Å². The van der Waals surface area contributed by atoms with Gasteiger partial charge in [-0.1, -0.05) is 0 Å². The van der Waals surface area contributed by atoms with Crippen molar-refractivity contribution in [1.29, 1.82) is 0 Å². The van der Waals surface area contributed by atoms with Crippen LogP contribution < -0.4 is 0 Å². The number of aliphatic hydroxyl groups is 1. The first-order valence-corrected chi connectivity index (χ1v) is 1.80. The molecule has 0 radical (unpaired) electrons. The van der Waals surface area contributed by atoms with Crippen molar-refractivity contribution in [2.24, 2.45) is 0 Å². The normalized spacial score (nSPS) is 24.1. The second-order valence-corrected chi connectivity index (χ2v) is 1.21. The van der Waals surface area contributed by atoms with E-state index in [1.54, 1.807) is 0 Å². The van der Waals surface area contributed by atoms with Gasteiger partial charge in [-0.05, 0) is 0 Å². The third-order valence-corrected chi connectivity index (χ3v) is 0.725. The van der Waals surface area contributed by atoms with Crippen LogP contribution in [0.5, 0.6) is 0 Å². The summed E-state index contributed by atoms with van der Waals surface area (Å²) in [6.07, 6.45) is -2.56. The maximum atomic E-state index is 9.61. The highest BCUT2D eigenvalue weighted by atomic mass is 17.0. The Morgan fingerprint density at radius 1 is 1.75 bits per heavy atom. The number of nitro groups is 1. The molecular formula is C2H3NO5. The number of nitrogens with zero attached hydrogens (tertiary/aromatic N) is 1. The summed E-state index contributed by atoms with van der Waals surface area (Å²) < 4.78 is 8.03. The van der Waals surface area contributed by atoms with Crippen LogP contribution in [0.25, 0.3) is 0 Å². The summed E-state index contributed by atoms with van der Waals surface area (Å²) in [5, 5.41) is 18.0. The maximum absolute atomic E-state index is 9.61. The van der Waals surface area contributed by atoms with E-state index in [0.717, 1.165) is 0 Å². The van der Waals surface area contributed by atoms with Crippen molar-refractivity contribution in [3.05, 3.63) is 10.1 Å². The van der Waals surface area contributed by atoms with E-state index in [1.807, 2.05) is 0 Å². The fourth-order valence-electron chi connectivity index (χ4n) is 0.270. The average molecular weight is 121 g/mol. The van der Waals surface area contributed by atoms with Crippen LogP contribution in [-0.4, -0.2) is 22.9 Å². The van der Waals surface area contributed by atoms with E-state index < -0.39 is 11.0 Å². The lowest BCUT2D eigenvalue weighted by Crippen LogP contribution is -2.53. The predicted molar refractivity (Wildman–Crippen MR) is 19.0 cm³/mol. The first kappa shape index (κ1) is 5.42. The quantitative estimate of drug-likeness (QED) is 0.269. The standard InChI is InChI=1S/C2H3NO5/c4-2(3(5)6)7-1-8-2/h4H,1H2. The molecule has 0 unspecified atom stereocenters. The highest BCUT2D eigenvalue weighted by molar-refractivity contribution is 4.37. The Bertz CT molecular complexity index is 118. The molecule has 1 saturated heterocycles. The van der Waals surface area contributed by atoms with Crippen LogP contribution in [0, 0.1) is 10.1 Å². The van der Waals surface area contributed by atoms with Crippen molar-refractivity contribution in [2.75, 3.05) is 6.79 Å². The monoisotopic (exact) mass is 121 g/mol. The Hall–Kier alpha value is -0.720. The first-order valence-electron chi connectivity index (χ1n) is 1.80. The zero-order chi connectivity index (χ0) is 6.20. The Kier molecular flexibility index (Phi) is 0.932.